The summed E-state index contributed by atoms with van der Waals surface area (Å²) in [6.45, 7) is 6.52. The molecule has 0 aliphatic carbocycles. The second kappa shape index (κ2) is 61.4. The second-order valence-electron chi connectivity index (χ2n) is 20.9. The molecule has 1 atom stereocenters. The number of carbonyl (C=O) groups is 3. The maximum atomic E-state index is 12.9. The van der Waals surface area contributed by atoms with E-state index in [1.54, 1.807) is 0 Å². The van der Waals surface area contributed by atoms with Crippen LogP contribution >= 0.6 is 0 Å². The van der Waals surface area contributed by atoms with Crippen LogP contribution < -0.4 is 0 Å². The number of allylic oxidation sites excluding steroid dienone is 12. The van der Waals surface area contributed by atoms with Gasteiger partial charge in [0.05, 0.1) is 0 Å². The Balaban J connectivity index is 4.37. The van der Waals surface area contributed by atoms with E-state index in [1.165, 1.54) is 193 Å². The van der Waals surface area contributed by atoms with Crippen LogP contribution in [0.1, 0.15) is 316 Å². The highest BCUT2D eigenvalue weighted by Gasteiger charge is 2.19. The molecule has 6 heteroatoms. The molecule has 0 aromatic rings. The second-order valence-corrected chi connectivity index (χ2v) is 20.9. The van der Waals surface area contributed by atoms with E-state index in [4.69, 9.17) is 14.2 Å². The molecule has 0 amide bonds. The first-order valence-electron chi connectivity index (χ1n) is 31.4. The van der Waals surface area contributed by atoms with Gasteiger partial charge in [-0.2, -0.15) is 0 Å². The van der Waals surface area contributed by atoms with Gasteiger partial charge in [-0.05, 0) is 109 Å². The maximum absolute atomic E-state index is 12.9. The van der Waals surface area contributed by atoms with Gasteiger partial charge in [0.15, 0.2) is 6.10 Å². The zero-order valence-electron chi connectivity index (χ0n) is 48.4. The van der Waals surface area contributed by atoms with E-state index in [2.05, 4.69) is 93.7 Å². The summed E-state index contributed by atoms with van der Waals surface area (Å²) in [6, 6.07) is 0. The third-order valence-electron chi connectivity index (χ3n) is 13.7. The van der Waals surface area contributed by atoms with E-state index in [1.807, 2.05) is 0 Å². The Bertz CT molecular complexity index is 1360. The van der Waals surface area contributed by atoms with Gasteiger partial charge in [-0.25, -0.2) is 0 Å². The minimum absolute atomic E-state index is 0.0916. The molecule has 0 rings (SSSR count). The van der Waals surface area contributed by atoms with Crippen molar-refractivity contribution in [3.63, 3.8) is 0 Å². The van der Waals surface area contributed by atoms with Crippen LogP contribution in [0.3, 0.4) is 0 Å². The van der Waals surface area contributed by atoms with Crippen molar-refractivity contribution in [3.05, 3.63) is 72.9 Å². The SMILES string of the molecule is CC/C=C\C/C=C\C/C=C\C/C=C\CCCCC(=O)O[C@@H](COC(=O)CCCCCCCCCCC/C=C\CCCCCCCC)COC(=O)CCCCCCCCCCCCC/C=C\CCCCCCCC. The molecule has 0 unspecified atom stereocenters. The molecular formula is C67H118O6. The fourth-order valence-corrected chi connectivity index (χ4v) is 8.95. The van der Waals surface area contributed by atoms with Crippen LogP contribution in [-0.4, -0.2) is 37.2 Å². The number of hydrogen-bond donors (Lipinski definition) is 0. The van der Waals surface area contributed by atoms with Gasteiger partial charge in [0.25, 0.3) is 0 Å². The minimum Gasteiger partial charge on any atom is -0.462 e. The lowest BCUT2D eigenvalue weighted by atomic mass is 10.0. The highest BCUT2D eigenvalue weighted by Crippen LogP contribution is 2.16. The van der Waals surface area contributed by atoms with Crippen molar-refractivity contribution in [2.24, 2.45) is 0 Å². The summed E-state index contributed by atoms with van der Waals surface area (Å²) in [4.78, 5) is 38.3. The number of hydrogen-bond acceptors (Lipinski definition) is 6. The highest BCUT2D eigenvalue weighted by molar-refractivity contribution is 5.71. The maximum Gasteiger partial charge on any atom is 0.306 e. The van der Waals surface area contributed by atoms with Gasteiger partial charge in [-0.3, -0.25) is 14.4 Å². The van der Waals surface area contributed by atoms with E-state index in [0.717, 1.165) is 77.0 Å². The fourth-order valence-electron chi connectivity index (χ4n) is 8.95. The molecule has 0 fully saturated rings. The van der Waals surface area contributed by atoms with Gasteiger partial charge < -0.3 is 14.2 Å². The molecule has 422 valence electrons. The van der Waals surface area contributed by atoms with Gasteiger partial charge >= 0.3 is 17.9 Å². The standard InChI is InChI=1S/C67H118O6/c1-4-7-10-13-16-19-22-25-28-30-32-33-35-37-40-42-45-48-51-54-57-60-66(69)72-63-64(73-67(70)61-58-55-52-49-46-43-38-27-24-21-18-15-12-9-6-3)62-71-65(68)59-56-53-50-47-44-41-39-36-34-31-29-26-23-20-17-14-11-8-5-2/h9,12,18,21,25-29,38,46,49,64H,4-8,10-11,13-17,19-20,22-24,30-37,39-45,47-48,50-63H2,1-3H3/b12-9-,21-18-,28-25-,29-26-,38-27-,49-46-/t64-/m0/s1. The van der Waals surface area contributed by atoms with Crippen LogP contribution in [0.15, 0.2) is 72.9 Å². The lowest BCUT2D eigenvalue weighted by molar-refractivity contribution is -0.167. The molecule has 0 radical (unpaired) electrons. The molecule has 0 aromatic carbocycles. The molecule has 0 bridgehead atoms. The largest absolute Gasteiger partial charge is 0.462 e. The van der Waals surface area contributed by atoms with Gasteiger partial charge in [0.1, 0.15) is 13.2 Å². The third kappa shape index (κ3) is 59.6. The minimum atomic E-state index is -0.799. The first kappa shape index (κ1) is 69.8. The van der Waals surface area contributed by atoms with Crippen LogP contribution in [0.2, 0.25) is 0 Å². The van der Waals surface area contributed by atoms with Crippen LogP contribution in [-0.2, 0) is 28.6 Å². The lowest BCUT2D eigenvalue weighted by Gasteiger charge is -2.18. The predicted octanol–water partition coefficient (Wildman–Crippen LogP) is 21.3. The van der Waals surface area contributed by atoms with E-state index in [-0.39, 0.29) is 37.5 Å². The lowest BCUT2D eigenvalue weighted by Crippen LogP contribution is -2.30. The first-order valence-corrected chi connectivity index (χ1v) is 31.4. The summed E-state index contributed by atoms with van der Waals surface area (Å²) in [5, 5.41) is 0. The Kier molecular flexibility index (Phi) is 58.7. The molecule has 73 heavy (non-hydrogen) atoms. The first-order chi connectivity index (χ1) is 36.0. The zero-order valence-corrected chi connectivity index (χ0v) is 48.4. The number of unbranched alkanes of at least 4 members (excludes halogenated alkanes) is 34. The van der Waals surface area contributed by atoms with Crippen molar-refractivity contribution >= 4 is 17.9 Å². The van der Waals surface area contributed by atoms with E-state index in [9.17, 15) is 14.4 Å². The molecule has 0 heterocycles. The van der Waals surface area contributed by atoms with Crippen LogP contribution in [0.25, 0.3) is 0 Å². The van der Waals surface area contributed by atoms with Gasteiger partial charge in [-0.15, -0.1) is 0 Å². The van der Waals surface area contributed by atoms with Crippen molar-refractivity contribution in [2.75, 3.05) is 13.2 Å². The Morgan fingerprint density at radius 3 is 0.877 bits per heavy atom. The highest BCUT2D eigenvalue weighted by atomic mass is 16.6. The summed E-state index contributed by atoms with van der Waals surface area (Å²) in [5.74, 6) is -0.923. The number of esters is 3. The number of ether oxygens (including phenoxy) is 3. The number of carbonyl (C=O) groups excluding carboxylic acids is 3. The van der Waals surface area contributed by atoms with Crippen molar-refractivity contribution in [1.82, 2.24) is 0 Å². The summed E-state index contributed by atoms with van der Waals surface area (Å²) < 4.78 is 16.9. The summed E-state index contributed by atoms with van der Waals surface area (Å²) in [6.07, 6.45) is 79.1. The van der Waals surface area contributed by atoms with Crippen molar-refractivity contribution in [1.29, 1.82) is 0 Å². The Labute approximate surface area is 453 Å². The van der Waals surface area contributed by atoms with Crippen LogP contribution in [0.5, 0.6) is 0 Å². The smallest absolute Gasteiger partial charge is 0.306 e. The molecule has 0 N–H and O–H groups in total. The Morgan fingerprint density at radius 2 is 0.534 bits per heavy atom. The molecule has 0 aliphatic heterocycles. The van der Waals surface area contributed by atoms with Crippen molar-refractivity contribution < 1.29 is 28.6 Å². The Morgan fingerprint density at radius 1 is 0.288 bits per heavy atom. The van der Waals surface area contributed by atoms with Crippen LogP contribution in [0, 0.1) is 0 Å². The topological polar surface area (TPSA) is 78.9 Å². The van der Waals surface area contributed by atoms with Gasteiger partial charge in [0.2, 0.25) is 0 Å². The van der Waals surface area contributed by atoms with Crippen molar-refractivity contribution in [2.45, 2.75) is 322 Å². The fraction of sp³-hybridized carbons (Fsp3) is 0.776. The molecule has 0 saturated heterocycles. The molecule has 0 aromatic heterocycles. The van der Waals surface area contributed by atoms with Crippen LogP contribution in [0.4, 0.5) is 0 Å². The molecule has 0 spiro atoms. The van der Waals surface area contributed by atoms with E-state index >= 15 is 0 Å². The summed E-state index contributed by atoms with van der Waals surface area (Å²) in [5.41, 5.74) is 0. The molecular weight excluding hydrogens is 901 g/mol. The normalized spacial score (nSPS) is 12.5. The summed E-state index contributed by atoms with van der Waals surface area (Å²) in [7, 11) is 0. The molecule has 6 nitrogen and oxygen atoms in total. The summed E-state index contributed by atoms with van der Waals surface area (Å²) >= 11 is 0. The average Bonchev–Trinajstić information content (AvgIpc) is 3.39. The average molecular weight is 1020 g/mol. The third-order valence-corrected chi connectivity index (χ3v) is 13.7. The molecule has 0 aliphatic rings. The molecule has 0 saturated carbocycles. The van der Waals surface area contributed by atoms with E-state index in [0.29, 0.717) is 19.3 Å². The monoisotopic (exact) mass is 1020 g/mol. The van der Waals surface area contributed by atoms with Gasteiger partial charge in [-0.1, -0.05) is 261 Å². The van der Waals surface area contributed by atoms with E-state index < -0.39 is 6.10 Å². The zero-order chi connectivity index (χ0) is 52.9. The number of rotatable bonds is 57. The Hall–Kier alpha value is -3.15. The predicted molar refractivity (Wildman–Crippen MR) is 316 cm³/mol. The quantitative estimate of drug-likeness (QED) is 0.0261. The van der Waals surface area contributed by atoms with Gasteiger partial charge in [0, 0.05) is 19.3 Å². The van der Waals surface area contributed by atoms with Crippen molar-refractivity contribution in [3.8, 4) is 0 Å².